The maximum absolute atomic E-state index is 13.1. The Bertz CT molecular complexity index is 1010. The van der Waals surface area contributed by atoms with Crippen molar-refractivity contribution in [2.45, 2.75) is 27.7 Å². The standard InChI is InChI=1S/C21H24BN3O3/c1-12-17(18(25-28-12)13-5-7-15(22)8-6-13)19(26)14-9-16(23-10-14)20(27)24-11-21(2,3)4/h5-10,23H,11,22H2,1-4H3,(H,24,27). The summed E-state index contributed by atoms with van der Waals surface area (Å²) in [7, 11) is 2.00. The molecule has 1 amide bonds. The van der Waals surface area contributed by atoms with Gasteiger partial charge in [0.15, 0.2) is 5.78 Å². The number of hydrogen-bond donors (Lipinski definition) is 2. The highest BCUT2D eigenvalue weighted by molar-refractivity contribution is 6.32. The Morgan fingerprint density at radius 3 is 2.54 bits per heavy atom. The molecule has 2 N–H and O–H groups in total. The summed E-state index contributed by atoms with van der Waals surface area (Å²) in [6.45, 7) is 8.37. The van der Waals surface area contributed by atoms with E-state index in [0.29, 0.717) is 34.8 Å². The third kappa shape index (κ3) is 4.25. The van der Waals surface area contributed by atoms with Crippen LogP contribution in [-0.4, -0.2) is 36.2 Å². The Morgan fingerprint density at radius 2 is 1.89 bits per heavy atom. The molecule has 0 saturated heterocycles. The van der Waals surface area contributed by atoms with Crippen molar-refractivity contribution in [3.05, 3.63) is 59.1 Å². The molecule has 0 saturated carbocycles. The van der Waals surface area contributed by atoms with Crippen molar-refractivity contribution < 1.29 is 14.1 Å². The number of hydrogen-bond acceptors (Lipinski definition) is 4. The lowest BCUT2D eigenvalue weighted by Gasteiger charge is -2.18. The van der Waals surface area contributed by atoms with Crippen molar-refractivity contribution in [2.75, 3.05) is 6.54 Å². The van der Waals surface area contributed by atoms with E-state index < -0.39 is 0 Å². The Labute approximate surface area is 165 Å². The van der Waals surface area contributed by atoms with E-state index in [9.17, 15) is 9.59 Å². The summed E-state index contributed by atoms with van der Waals surface area (Å²) in [5, 5.41) is 6.94. The fraction of sp³-hybridized carbons (Fsp3) is 0.286. The number of ketones is 1. The number of rotatable bonds is 5. The molecule has 3 rings (SSSR count). The third-order valence-corrected chi connectivity index (χ3v) is 4.38. The number of aryl methyl sites for hydroxylation is 1. The molecule has 1 aromatic carbocycles. The van der Waals surface area contributed by atoms with E-state index in [1.165, 1.54) is 0 Å². The van der Waals surface area contributed by atoms with E-state index in [1.54, 1.807) is 19.2 Å². The van der Waals surface area contributed by atoms with Crippen molar-refractivity contribution in [3.8, 4) is 11.3 Å². The SMILES string of the molecule is Bc1ccc(-c2noc(C)c2C(=O)c2c[nH]c(C(=O)NCC(C)(C)C)c2)cc1. The molecule has 0 aliphatic heterocycles. The van der Waals surface area contributed by atoms with Gasteiger partial charge < -0.3 is 14.8 Å². The topological polar surface area (TPSA) is 88.0 Å². The Kier molecular flexibility index (Phi) is 5.27. The van der Waals surface area contributed by atoms with Gasteiger partial charge in [-0.1, -0.05) is 55.7 Å². The van der Waals surface area contributed by atoms with Gasteiger partial charge in [-0.3, -0.25) is 9.59 Å². The van der Waals surface area contributed by atoms with Gasteiger partial charge in [0, 0.05) is 23.9 Å². The predicted molar refractivity (Wildman–Crippen MR) is 111 cm³/mol. The number of amides is 1. The normalized spacial score (nSPS) is 11.4. The van der Waals surface area contributed by atoms with Crippen LogP contribution in [0, 0.1) is 12.3 Å². The quantitative estimate of drug-likeness (QED) is 0.527. The van der Waals surface area contributed by atoms with Crippen molar-refractivity contribution in [3.63, 3.8) is 0 Å². The minimum absolute atomic E-state index is 0.0244. The van der Waals surface area contributed by atoms with Crippen LogP contribution in [0.25, 0.3) is 11.3 Å². The summed E-state index contributed by atoms with van der Waals surface area (Å²) in [5.74, 6) is -0.0317. The molecule has 0 unspecified atom stereocenters. The maximum Gasteiger partial charge on any atom is 0.267 e. The average molecular weight is 377 g/mol. The number of aromatic amines is 1. The summed E-state index contributed by atoms with van der Waals surface area (Å²) < 4.78 is 5.29. The second-order valence-corrected chi connectivity index (χ2v) is 8.20. The summed E-state index contributed by atoms with van der Waals surface area (Å²) in [4.78, 5) is 28.3. The van der Waals surface area contributed by atoms with E-state index >= 15 is 0 Å². The van der Waals surface area contributed by atoms with E-state index in [-0.39, 0.29) is 17.1 Å². The number of carbonyl (C=O) groups is 2. The molecule has 2 aromatic heterocycles. The Balaban J connectivity index is 1.86. The first-order valence-corrected chi connectivity index (χ1v) is 9.20. The van der Waals surface area contributed by atoms with Crippen LogP contribution >= 0.6 is 0 Å². The molecular weight excluding hydrogens is 353 g/mol. The fourth-order valence-corrected chi connectivity index (χ4v) is 2.79. The van der Waals surface area contributed by atoms with Gasteiger partial charge >= 0.3 is 0 Å². The predicted octanol–water partition coefficient (Wildman–Crippen LogP) is 2.24. The minimum atomic E-state index is -0.241. The van der Waals surface area contributed by atoms with Crippen LogP contribution in [0.4, 0.5) is 0 Å². The molecule has 0 aliphatic rings. The van der Waals surface area contributed by atoms with Crippen LogP contribution in [0.3, 0.4) is 0 Å². The second-order valence-electron chi connectivity index (χ2n) is 8.20. The van der Waals surface area contributed by atoms with Crippen LogP contribution in [0.15, 0.2) is 41.1 Å². The highest BCUT2D eigenvalue weighted by atomic mass is 16.5. The third-order valence-electron chi connectivity index (χ3n) is 4.38. The largest absolute Gasteiger partial charge is 0.360 e. The highest BCUT2D eigenvalue weighted by Crippen LogP contribution is 2.27. The maximum atomic E-state index is 13.1. The zero-order valence-electron chi connectivity index (χ0n) is 16.8. The first kappa shape index (κ1) is 19.7. The van der Waals surface area contributed by atoms with Crippen LogP contribution < -0.4 is 10.8 Å². The van der Waals surface area contributed by atoms with Gasteiger partial charge in [0.2, 0.25) is 0 Å². The first-order valence-electron chi connectivity index (χ1n) is 9.20. The van der Waals surface area contributed by atoms with E-state index in [1.807, 2.05) is 52.9 Å². The molecule has 0 atom stereocenters. The monoisotopic (exact) mass is 377 g/mol. The molecule has 3 aromatic rings. The average Bonchev–Trinajstić information content (AvgIpc) is 3.26. The molecule has 0 bridgehead atoms. The zero-order valence-corrected chi connectivity index (χ0v) is 16.8. The second kappa shape index (κ2) is 7.50. The number of nitrogens with zero attached hydrogens (tertiary/aromatic N) is 1. The molecule has 0 aliphatic carbocycles. The lowest BCUT2D eigenvalue weighted by atomic mass is 9.93. The molecule has 7 heteroatoms. The lowest BCUT2D eigenvalue weighted by molar-refractivity contribution is 0.0935. The molecule has 0 fully saturated rings. The van der Waals surface area contributed by atoms with Gasteiger partial charge in [-0.05, 0) is 18.4 Å². The Hall–Kier alpha value is -3.09. The first-order chi connectivity index (χ1) is 13.2. The van der Waals surface area contributed by atoms with Gasteiger partial charge in [-0.2, -0.15) is 0 Å². The van der Waals surface area contributed by atoms with Gasteiger partial charge in [0.05, 0.1) is 5.56 Å². The smallest absolute Gasteiger partial charge is 0.267 e. The van der Waals surface area contributed by atoms with Crippen LogP contribution in [-0.2, 0) is 0 Å². The number of H-pyrrole nitrogens is 1. The molecule has 0 spiro atoms. The molecular formula is C21H24BN3O3. The number of aromatic nitrogens is 2. The van der Waals surface area contributed by atoms with E-state index in [2.05, 4.69) is 15.5 Å². The van der Waals surface area contributed by atoms with E-state index in [4.69, 9.17) is 4.52 Å². The lowest BCUT2D eigenvalue weighted by Crippen LogP contribution is -2.32. The van der Waals surface area contributed by atoms with Crippen molar-refractivity contribution in [2.24, 2.45) is 5.41 Å². The number of nitrogens with one attached hydrogen (secondary N) is 2. The van der Waals surface area contributed by atoms with Crippen molar-refractivity contribution in [1.29, 1.82) is 0 Å². The molecule has 28 heavy (non-hydrogen) atoms. The molecule has 2 heterocycles. The van der Waals surface area contributed by atoms with Gasteiger partial charge in [-0.25, -0.2) is 0 Å². The minimum Gasteiger partial charge on any atom is -0.360 e. The van der Waals surface area contributed by atoms with Gasteiger partial charge in [0.1, 0.15) is 25.0 Å². The zero-order chi connectivity index (χ0) is 20.5. The Morgan fingerprint density at radius 1 is 1.21 bits per heavy atom. The molecule has 0 radical (unpaired) electrons. The van der Waals surface area contributed by atoms with Crippen molar-refractivity contribution >= 4 is 25.0 Å². The fourth-order valence-electron chi connectivity index (χ4n) is 2.79. The van der Waals surface area contributed by atoms with Gasteiger partial charge in [-0.15, -0.1) is 0 Å². The van der Waals surface area contributed by atoms with Crippen LogP contribution in [0.5, 0.6) is 0 Å². The molecule has 144 valence electrons. The van der Waals surface area contributed by atoms with E-state index in [0.717, 1.165) is 11.0 Å². The summed E-state index contributed by atoms with van der Waals surface area (Å²) >= 11 is 0. The van der Waals surface area contributed by atoms with Crippen LogP contribution in [0.1, 0.15) is 52.9 Å². The summed E-state index contributed by atoms with van der Waals surface area (Å²) in [6, 6.07) is 9.30. The molecule has 6 nitrogen and oxygen atoms in total. The number of carbonyl (C=O) groups excluding carboxylic acids is 2. The van der Waals surface area contributed by atoms with Crippen molar-refractivity contribution in [1.82, 2.24) is 15.5 Å². The highest BCUT2D eigenvalue weighted by Gasteiger charge is 2.24. The number of benzene rings is 1. The van der Waals surface area contributed by atoms with Crippen LogP contribution in [0.2, 0.25) is 0 Å². The van der Waals surface area contributed by atoms with Gasteiger partial charge in [0.25, 0.3) is 5.91 Å². The summed E-state index contributed by atoms with van der Waals surface area (Å²) in [6.07, 6.45) is 1.54. The summed E-state index contributed by atoms with van der Waals surface area (Å²) in [5.41, 5.74) is 3.55.